The number of hydrogen-bond acceptors (Lipinski definition) is 1. The van der Waals surface area contributed by atoms with Gasteiger partial charge in [0.15, 0.2) is 0 Å². The van der Waals surface area contributed by atoms with Crippen LogP contribution in [0.15, 0.2) is 18.2 Å². The van der Waals surface area contributed by atoms with E-state index in [-0.39, 0.29) is 5.91 Å². The second kappa shape index (κ2) is 5.36. The van der Waals surface area contributed by atoms with Crippen molar-refractivity contribution in [2.75, 3.05) is 0 Å². The van der Waals surface area contributed by atoms with Gasteiger partial charge < -0.3 is 5.32 Å². The highest BCUT2D eigenvalue weighted by Gasteiger charge is 2.22. The number of amides is 1. The number of nitrogens with one attached hydrogen (secondary N) is 1. The Hall–Kier alpha value is -1.31. The summed E-state index contributed by atoms with van der Waals surface area (Å²) in [5.41, 5.74) is 4.11. The van der Waals surface area contributed by atoms with Crippen molar-refractivity contribution in [2.45, 2.75) is 57.9 Å². The minimum Gasteiger partial charge on any atom is -0.353 e. The molecule has 1 aromatic carbocycles. The molecule has 2 atom stereocenters. The Morgan fingerprint density at radius 3 is 2.89 bits per heavy atom. The molecule has 1 aromatic rings. The number of hydrogen-bond donors (Lipinski definition) is 1. The Bertz CT molecular complexity index is 480. The Morgan fingerprint density at radius 1 is 1.26 bits per heavy atom. The van der Waals surface area contributed by atoms with E-state index in [0.29, 0.717) is 12.5 Å². The largest absolute Gasteiger partial charge is 0.353 e. The summed E-state index contributed by atoms with van der Waals surface area (Å²) in [6.45, 7) is 2.27. The zero-order valence-corrected chi connectivity index (χ0v) is 11.7. The van der Waals surface area contributed by atoms with Crippen LogP contribution in [0.2, 0.25) is 0 Å². The fourth-order valence-electron chi connectivity index (χ4n) is 3.54. The summed E-state index contributed by atoms with van der Waals surface area (Å²) in [6, 6.07) is 6.99. The van der Waals surface area contributed by atoms with Gasteiger partial charge in [-0.25, -0.2) is 0 Å². The predicted molar refractivity (Wildman–Crippen MR) is 77.1 cm³/mol. The lowest BCUT2D eigenvalue weighted by Crippen LogP contribution is -2.34. The number of benzene rings is 1. The third-order valence-corrected chi connectivity index (χ3v) is 4.59. The van der Waals surface area contributed by atoms with Gasteiger partial charge in [0.2, 0.25) is 5.91 Å². The van der Waals surface area contributed by atoms with Gasteiger partial charge in [-0.3, -0.25) is 4.79 Å². The van der Waals surface area contributed by atoms with Gasteiger partial charge in [-0.1, -0.05) is 25.1 Å². The van der Waals surface area contributed by atoms with Crippen molar-refractivity contribution in [3.8, 4) is 0 Å². The molecule has 0 aliphatic heterocycles. The van der Waals surface area contributed by atoms with Crippen LogP contribution in [0.5, 0.6) is 0 Å². The summed E-state index contributed by atoms with van der Waals surface area (Å²) in [5.74, 6) is 0.961. The molecule has 19 heavy (non-hydrogen) atoms. The Balaban J connectivity index is 1.57. The average Bonchev–Trinajstić information content (AvgIpc) is 2.97. The molecule has 3 rings (SSSR count). The van der Waals surface area contributed by atoms with E-state index < -0.39 is 0 Å². The monoisotopic (exact) mass is 257 g/mol. The normalized spacial score (nSPS) is 25.3. The van der Waals surface area contributed by atoms with E-state index in [1.54, 1.807) is 0 Å². The molecule has 2 heteroatoms. The topological polar surface area (TPSA) is 29.1 Å². The van der Waals surface area contributed by atoms with E-state index in [2.05, 4.69) is 30.4 Å². The number of carbonyl (C=O) groups is 1. The van der Waals surface area contributed by atoms with Gasteiger partial charge in [-0.2, -0.15) is 0 Å². The molecule has 0 spiro atoms. The van der Waals surface area contributed by atoms with E-state index >= 15 is 0 Å². The molecule has 0 saturated heterocycles. The van der Waals surface area contributed by atoms with Crippen molar-refractivity contribution >= 4 is 5.91 Å². The van der Waals surface area contributed by atoms with Gasteiger partial charge in [0.05, 0.1) is 6.42 Å². The highest BCUT2D eigenvalue weighted by atomic mass is 16.1. The van der Waals surface area contributed by atoms with Crippen LogP contribution in [0.4, 0.5) is 0 Å². The van der Waals surface area contributed by atoms with Crippen LogP contribution in [0.25, 0.3) is 0 Å². The van der Waals surface area contributed by atoms with E-state index in [4.69, 9.17) is 0 Å². The first-order valence-corrected chi connectivity index (χ1v) is 7.61. The maximum atomic E-state index is 12.1. The first-order chi connectivity index (χ1) is 9.20. The highest BCUT2D eigenvalue weighted by Crippen LogP contribution is 2.25. The lowest BCUT2D eigenvalue weighted by Gasteiger charge is -2.12. The molecule has 102 valence electrons. The van der Waals surface area contributed by atoms with Crippen LogP contribution < -0.4 is 5.32 Å². The van der Waals surface area contributed by atoms with Gasteiger partial charge in [0.25, 0.3) is 0 Å². The molecule has 1 fully saturated rings. The molecule has 2 unspecified atom stereocenters. The van der Waals surface area contributed by atoms with E-state index in [1.807, 2.05) is 0 Å². The van der Waals surface area contributed by atoms with Crippen molar-refractivity contribution in [2.24, 2.45) is 5.92 Å². The fraction of sp³-hybridized carbons (Fsp3) is 0.588. The summed E-state index contributed by atoms with van der Waals surface area (Å²) < 4.78 is 0. The molecule has 1 N–H and O–H groups in total. The maximum absolute atomic E-state index is 12.1. The van der Waals surface area contributed by atoms with Crippen molar-refractivity contribution in [1.29, 1.82) is 0 Å². The average molecular weight is 257 g/mol. The molecule has 2 aliphatic rings. The molecule has 0 bridgehead atoms. The van der Waals surface area contributed by atoms with Gasteiger partial charge in [0.1, 0.15) is 0 Å². The van der Waals surface area contributed by atoms with Gasteiger partial charge in [0, 0.05) is 6.04 Å². The molecule has 0 radical (unpaired) electrons. The van der Waals surface area contributed by atoms with Crippen molar-refractivity contribution in [3.05, 3.63) is 34.9 Å². The molecule has 0 aromatic heterocycles. The van der Waals surface area contributed by atoms with Gasteiger partial charge in [-0.15, -0.1) is 0 Å². The molecule has 2 nitrogen and oxygen atoms in total. The van der Waals surface area contributed by atoms with Crippen LogP contribution in [0.1, 0.15) is 49.3 Å². The van der Waals surface area contributed by atoms with E-state index in [1.165, 1.54) is 42.4 Å². The molecule has 1 amide bonds. The minimum absolute atomic E-state index is 0.192. The van der Waals surface area contributed by atoms with Crippen molar-refractivity contribution in [1.82, 2.24) is 5.32 Å². The number of carbonyl (C=O) groups excluding carboxylic acids is 1. The molecule has 2 aliphatic carbocycles. The first-order valence-electron chi connectivity index (χ1n) is 7.61. The zero-order chi connectivity index (χ0) is 13.2. The quantitative estimate of drug-likeness (QED) is 0.886. The lowest BCUT2D eigenvalue weighted by atomic mass is 10.0. The van der Waals surface area contributed by atoms with E-state index in [0.717, 1.165) is 18.8 Å². The Morgan fingerprint density at radius 2 is 2.11 bits per heavy atom. The second-order valence-corrected chi connectivity index (χ2v) is 6.32. The van der Waals surface area contributed by atoms with Crippen molar-refractivity contribution < 1.29 is 4.79 Å². The number of aryl methyl sites for hydroxylation is 2. The third-order valence-electron chi connectivity index (χ3n) is 4.59. The predicted octanol–water partition coefficient (Wildman–Crippen LogP) is 3.02. The number of fused-ring (bicyclic) bond motifs is 1. The lowest BCUT2D eigenvalue weighted by molar-refractivity contribution is -0.121. The highest BCUT2D eigenvalue weighted by molar-refractivity contribution is 5.79. The summed E-state index contributed by atoms with van der Waals surface area (Å²) in [5, 5.41) is 3.19. The smallest absolute Gasteiger partial charge is 0.224 e. The van der Waals surface area contributed by atoms with Gasteiger partial charge >= 0.3 is 0 Å². The van der Waals surface area contributed by atoms with Crippen LogP contribution >= 0.6 is 0 Å². The van der Waals surface area contributed by atoms with Crippen LogP contribution in [-0.2, 0) is 24.1 Å². The van der Waals surface area contributed by atoms with Crippen LogP contribution in [-0.4, -0.2) is 11.9 Å². The van der Waals surface area contributed by atoms with Crippen LogP contribution in [0, 0.1) is 5.92 Å². The summed E-state index contributed by atoms with van der Waals surface area (Å²) in [6.07, 6.45) is 7.76. The first kappa shape index (κ1) is 12.7. The minimum atomic E-state index is 0.192. The summed E-state index contributed by atoms with van der Waals surface area (Å²) in [4.78, 5) is 12.1. The Labute approximate surface area is 115 Å². The van der Waals surface area contributed by atoms with Crippen LogP contribution in [0.3, 0.4) is 0 Å². The second-order valence-electron chi connectivity index (χ2n) is 6.32. The summed E-state index contributed by atoms with van der Waals surface area (Å²) >= 11 is 0. The molecule has 1 saturated carbocycles. The fourth-order valence-corrected chi connectivity index (χ4v) is 3.54. The summed E-state index contributed by atoms with van der Waals surface area (Å²) in [7, 11) is 0. The SMILES string of the molecule is CC1CCC(NC(=O)Cc2ccc3c(c2)CCC3)C1. The molecular weight excluding hydrogens is 234 g/mol. The van der Waals surface area contributed by atoms with Crippen molar-refractivity contribution in [3.63, 3.8) is 0 Å². The Kier molecular flexibility index (Phi) is 3.58. The maximum Gasteiger partial charge on any atom is 0.224 e. The van der Waals surface area contributed by atoms with Gasteiger partial charge in [-0.05, 0) is 61.1 Å². The molecule has 0 heterocycles. The van der Waals surface area contributed by atoms with E-state index in [9.17, 15) is 4.79 Å². The number of rotatable bonds is 3. The third kappa shape index (κ3) is 2.99. The zero-order valence-electron chi connectivity index (χ0n) is 11.7. The standard InChI is InChI=1S/C17H23NO/c1-12-5-8-16(9-12)18-17(19)11-13-6-7-14-3-2-4-15(14)10-13/h6-7,10,12,16H,2-5,8-9,11H2,1H3,(H,18,19). The molecular formula is C17H23NO.